The Labute approximate surface area is 209 Å². The number of nitrogens with zero attached hydrogens (tertiary/aromatic N) is 1. The normalized spacial score (nSPS) is 25.4. The highest BCUT2D eigenvalue weighted by Gasteiger charge is 2.38. The second-order valence-electron chi connectivity index (χ2n) is 9.55. The molecule has 2 heterocycles. The van der Waals surface area contributed by atoms with Crippen LogP contribution in [-0.2, 0) is 33.4 Å². The summed E-state index contributed by atoms with van der Waals surface area (Å²) in [6, 6.07) is 15.0. The summed E-state index contributed by atoms with van der Waals surface area (Å²) in [6.45, 7) is 1.72. The van der Waals surface area contributed by atoms with Crippen LogP contribution in [0.3, 0.4) is 0 Å². The molecule has 0 unspecified atom stereocenters. The average molecular weight is 507 g/mol. The highest BCUT2D eigenvalue weighted by molar-refractivity contribution is 5.76. The van der Waals surface area contributed by atoms with Gasteiger partial charge in [0.2, 0.25) is 5.91 Å². The van der Waals surface area contributed by atoms with E-state index in [4.69, 9.17) is 9.47 Å². The molecule has 0 radical (unpaired) electrons. The Bertz CT molecular complexity index is 971. The molecule has 4 atom stereocenters. The monoisotopic (exact) mass is 506 g/mol. The Hall–Kier alpha value is -2.46. The number of rotatable bonds is 7. The molecule has 2 aromatic rings. The number of ether oxygens (including phenoxy) is 2. The molecule has 2 aliphatic heterocycles. The first-order valence-corrected chi connectivity index (χ1v) is 12.4. The number of amides is 1. The van der Waals surface area contributed by atoms with E-state index in [1.165, 1.54) is 12.1 Å². The van der Waals surface area contributed by atoms with Gasteiger partial charge in [0.25, 0.3) is 0 Å². The Morgan fingerprint density at radius 1 is 1.03 bits per heavy atom. The lowest BCUT2D eigenvalue weighted by Gasteiger charge is -2.44. The number of benzene rings is 2. The van der Waals surface area contributed by atoms with Gasteiger partial charge < -0.3 is 19.9 Å². The zero-order valence-electron chi connectivity index (χ0n) is 20.1. The van der Waals surface area contributed by atoms with E-state index in [0.29, 0.717) is 26.1 Å². The number of halogens is 3. The van der Waals surface area contributed by atoms with Crippen molar-refractivity contribution in [2.24, 2.45) is 0 Å². The van der Waals surface area contributed by atoms with Crippen molar-refractivity contribution in [1.82, 2.24) is 10.2 Å². The van der Waals surface area contributed by atoms with Gasteiger partial charge in [0.1, 0.15) is 0 Å². The molecule has 196 valence electrons. The average Bonchev–Trinajstić information content (AvgIpc) is 2.83. The van der Waals surface area contributed by atoms with Crippen LogP contribution in [0.2, 0.25) is 0 Å². The standard InChI is InChI=1S/C27H33F3N2O4/c28-27(29,30)21-8-6-20(7-9-21)15-32-16-22(33)17-35-18-25-24(32)11-10-23(36-25)14-26(34)31-13-12-19-4-2-1-3-5-19/h1-9,22-25,33H,10-18H2,(H,31,34)/t22-,23+,24-,25+/m0/s1. The van der Waals surface area contributed by atoms with Crippen LogP contribution in [0.15, 0.2) is 54.6 Å². The maximum atomic E-state index is 12.9. The molecule has 2 N–H and O–H groups in total. The van der Waals surface area contributed by atoms with Gasteiger partial charge in [0.15, 0.2) is 0 Å². The maximum Gasteiger partial charge on any atom is 0.416 e. The van der Waals surface area contributed by atoms with Crippen LogP contribution in [0.1, 0.15) is 36.0 Å². The number of nitrogens with one attached hydrogen (secondary N) is 1. The number of hydrogen-bond acceptors (Lipinski definition) is 5. The van der Waals surface area contributed by atoms with Crippen molar-refractivity contribution in [3.63, 3.8) is 0 Å². The van der Waals surface area contributed by atoms with Gasteiger partial charge in [0, 0.05) is 25.7 Å². The smallest absolute Gasteiger partial charge is 0.389 e. The van der Waals surface area contributed by atoms with E-state index in [0.717, 1.165) is 36.1 Å². The fourth-order valence-electron chi connectivity index (χ4n) is 4.93. The molecule has 6 nitrogen and oxygen atoms in total. The molecule has 0 bridgehead atoms. The van der Waals surface area contributed by atoms with Gasteiger partial charge >= 0.3 is 6.18 Å². The molecule has 2 aromatic carbocycles. The van der Waals surface area contributed by atoms with E-state index in [9.17, 15) is 23.1 Å². The van der Waals surface area contributed by atoms with Gasteiger partial charge in [-0.15, -0.1) is 0 Å². The molecule has 1 amide bonds. The SMILES string of the molecule is O=C(C[C@H]1CC[C@H]2[C@@H](COC[C@@H](O)CN2Cc2ccc(C(F)(F)F)cc2)O1)NCCc1ccccc1. The largest absolute Gasteiger partial charge is 0.416 e. The Morgan fingerprint density at radius 3 is 2.50 bits per heavy atom. The fraction of sp³-hybridized carbons (Fsp3) is 0.519. The Morgan fingerprint density at radius 2 is 1.78 bits per heavy atom. The fourth-order valence-corrected chi connectivity index (χ4v) is 4.93. The zero-order chi connectivity index (χ0) is 25.5. The lowest BCUT2D eigenvalue weighted by atomic mass is 9.94. The van der Waals surface area contributed by atoms with E-state index in [2.05, 4.69) is 10.2 Å². The molecule has 36 heavy (non-hydrogen) atoms. The van der Waals surface area contributed by atoms with Gasteiger partial charge in [0.05, 0.1) is 43.5 Å². The molecule has 0 aromatic heterocycles. The highest BCUT2D eigenvalue weighted by atomic mass is 19.4. The summed E-state index contributed by atoms with van der Waals surface area (Å²) in [5, 5.41) is 13.3. The third-order valence-electron chi connectivity index (χ3n) is 6.75. The van der Waals surface area contributed by atoms with Gasteiger partial charge in [-0.25, -0.2) is 0 Å². The summed E-state index contributed by atoms with van der Waals surface area (Å²) in [6.07, 6.45) is -3.16. The first kappa shape index (κ1) is 26.6. The number of carbonyl (C=O) groups is 1. The minimum absolute atomic E-state index is 0.0572. The Kier molecular flexibility index (Phi) is 9.00. The molecule has 2 fully saturated rings. The highest BCUT2D eigenvalue weighted by Crippen LogP contribution is 2.31. The lowest BCUT2D eigenvalue weighted by molar-refractivity contribution is -0.158. The summed E-state index contributed by atoms with van der Waals surface area (Å²) in [4.78, 5) is 14.6. The third-order valence-corrected chi connectivity index (χ3v) is 6.75. The molecule has 9 heteroatoms. The topological polar surface area (TPSA) is 71.0 Å². The molecular weight excluding hydrogens is 473 g/mol. The number of β-amino-alcohol motifs (C(OH)–C–C–N with tert-alkyl or cyclic N) is 1. The summed E-state index contributed by atoms with van der Waals surface area (Å²) in [5.41, 5.74) is 1.21. The predicted octanol–water partition coefficient (Wildman–Crippen LogP) is 3.56. The van der Waals surface area contributed by atoms with Gasteiger partial charge in [-0.3, -0.25) is 9.69 Å². The number of aliphatic hydroxyl groups excluding tert-OH is 1. The Balaban J connectivity index is 1.32. The zero-order valence-corrected chi connectivity index (χ0v) is 20.1. The van der Waals surface area contributed by atoms with Crippen LogP contribution in [0, 0.1) is 0 Å². The van der Waals surface area contributed by atoms with Crippen molar-refractivity contribution in [3.05, 3.63) is 71.3 Å². The third kappa shape index (κ3) is 7.52. The predicted molar refractivity (Wildman–Crippen MR) is 128 cm³/mol. The van der Waals surface area contributed by atoms with Gasteiger partial charge in [-0.1, -0.05) is 42.5 Å². The number of carbonyl (C=O) groups excluding carboxylic acids is 1. The number of alkyl halides is 3. The molecule has 4 rings (SSSR count). The molecule has 2 aliphatic rings. The van der Waals surface area contributed by atoms with Crippen LogP contribution >= 0.6 is 0 Å². The minimum Gasteiger partial charge on any atom is -0.389 e. The van der Waals surface area contributed by atoms with Gasteiger partial charge in [-0.05, 0) is 42.5 Å². The molecule has 0 spiro atoms. The van der Waals surface area contributed by atoms with Crippen molar-refractivity contribution in [2.75, 3.05) is 26.3 Å². The molecule has 0 aliphatic carbocycles. The maximum absolute atomic E-state index is 12.9. The second-order valence-corrected chi connectivity index (χ2v) is 9.55. The summed E-state index contributed by atoms with van der Waals surface area (Å²) in [7, 11) is 0. The number of fused-ring (bicyclic) bond motifs is 1. The van der Waals surface area contributed by atoms with Crippen LogP contribution in [-0.4, -0.2) is 66.6 Å². The first-order chi connectivity index (χ1) is 17.3. The van der Waals surface area contributed by atoms with E-state index >= 15 is 0 Å². The van der Waals surface area contributed by atoms with Crippen molar-refractivity contribution in [3.8, 4) is 0 Å². The van der Waals surface area contributed by atoms with E-state index in [1.54, 1.807) is 0 Å². The van der Waals surface area contributed by atoms with E-state index < -0.39 is 17.8 Å². The lowest BCUT2D eigenvalue weighted by Crippen LogP contribution is -2.55. The van der Waals surface area contributed by atoms with Crippen LogP contribution in [0.5, 0.6) is 0 Å². The number of aliphatic hydroxyl groups is 1. The molecule has 0 saturated carbocycles. The van der Waals surface area contributed by atoms with Crippen LogP contribution in [0.25, 0.3) is 0 Å². The van der Waals surface area contributed by atoms with Crippen LogP contribution < -0.4 is 5.32 Å². The summed E-state index contributed by atoms with van der Waals surface area (Å²) in [5.74, 6) is -0.0572. The quantitative estimate of drug-likeness (QED) is 0.601. The first-order valence-electron chi connectivity index (χ1n) is 12.4. The van der Waals surface area contributed by atoms with Crippen LogP contribution in [0.4, 0.5) is 13.2 Å². The number of hydrogen-bond donors (Lipinski definition) is 2. The van der Waals surface area contributed by atoms with Gasteiger partial charge in [-0.2, -0.15) is 13.2 Å². The van der Waals surface area contributed by atoms with Crippen molar-refractivity contribution in [2.45, 2.75) is 62.8 Å². The molecular formula is C27H33F3N2O4. The second kappa shape index (κ2) is 12.2. The van der Waals surface area contributed by atoms with E-state index in [1.807, 2.05) is 30.3 Å². The van der Waals surface area contributed by atoms with Crippen molar-refractivity contribution >= 4 is 5.91 Å². The van der Waals surface area contributed by atoms with Crippen molar-refractivity contribution < 1.29 is 32.5 Å². The minimum atomic E-state index is -4.38. The summed E-state index contributed by atoms with van der Waals surface area (Å²) < 4.78 is 50.7. The van der Waals surface area contributed by atoms with Crippen molar-refractivity contribution in [1.29, 1.82) is 0 Å². The molecule has 2 saturated heterocycles. The van der Waals surface area contributed by atoms with E-state index in [-0.39, 0.29) is 43.8 Å². The summed E-state index contributed by atoms with van der Waals surface area (Å²) >= 11 is 0.